The molecule has 0 N–H and O–H groups in total. The van der Waals surface area contributed by atoms with Crippen LogP contribution in [0.3, 0.4) is 0 Å². The van der Waals surface area contributed by atoms with Gasteiger partial charge in [-0.15, -0.1) is 0 Å². The number of para-hydroxylation sites is 5. The molecule has 0 saturated carbocycles. The van der Waals surface area contributed by atoms with Crippen molar-refractivity contribution in [3.05, 3.63) is 187 Å². The Kier molecular flexibility index (Phi) is 6.61. The van der Waals surface area contributed by atoms with Gasteiger partial charge in [-0.1, -0.05) is 109 Å². The van der Waals surface area contributed by atoms with Crippen molar-refractivity contribution in [2.45, 2.75) is 0 Å². The molecule has 8 aromatic carbocycles. The summed E-state index contributed by atoms with van der Waals surface area (Å²) in [5, 5.41) is 27.2. The minimum absolute atomic E-state index is 0.563. The van der Waals surface area contributed by atoms with Crippen molar-refractivity contribution in [2.75, 3.05) is 0 Å². The first-order valence-corrected chi connectivity index (χ1v) is 18.3. The van der Waals surface area contributed by atoms with E-state index in [1.807, 2.05) is 30.3 Å². The zero-order valence-corrected chi connectivity index (χ0v) is 29.5. The predicted molar refractivity (Wildman–Crippen MR) is 224 cm³/mol. The molecule has 0 atom stereocenters. The molecule has 0 aliphatic carbocycles. The lowest BCUT2D eigenvalue weighted by atomic mass is 10.0. The number of nitrogens with zero attached hydrogens (tertiary/aromatic N) is 5. The summed E-state index contributed by atoms with van der Waals surface area (Å²) in [4.78, 5) is 0. The van der Waals surface area contributed by atoms with Gasteiger partial charge in [0, 0.05) is 43.7 Å². The summed E-state index contributed by atoms with van der Waals surface area (Å²) in [5.74, 6) is 0. The second-order valence-electron chi connectivity index (χ2n) is 13.9. The van der Waals surface area contributed by atoms with Gasteiger partial charge in [0.1, 0.15) is 6.07 Å². The summed E-state index contributed by atoms with van der Waals surface area (Å²) >= 11 is 0. The van der Waals surface area contributed by atoms with Crippen LogP contribution in [-0.4, -0.2) is 13.7 Å². The fourth-order valence-corrected chi connectivity index (χ4v) is 8.83. The van der Waals surface area contributed by atoms with Gasteiger partial charge in [-0.05, 0) is 77.9 Å². The van der Waals surface area contributed by atoms with Crippen molar-refractivity contribution in [1.29, 1.82) is 10.5 Å². The Hall–Kier alpha value is -7.86. The van der Waals surface area contributed by atoms with E-state index in [4.69, 9.17) is 0 Å². The Morgan fingerprint density at radius 3 is 1.25 bits per heavy atom. The van der Waals surface area contributed by atoms with E-state index in [9.17, 15) is 10.5 Å². The normalized spacial score (nSPS) is 11.6. The lowest BCUT2D eigenvalue weighted by Crippen LogP contribution is -2.00. The van der Waals surface area contributed by atoms with Crippen LogP contribution in [-0.2, 0) is 0 Å². The fraction of sp³-hybridized carbons (Fsp3) is 0. The van der Waals surface area contributed by atoms with E-state index in [1.54, 1.807) is 0 Å². The molecule has 5 heteroatoms. The quantitative estimate of drug-likeness (QED) is 0.184. The van der Waals surface area contributed by atoms with Crippen LogP contribution < -0.4 is 0 Å². The number of rotatable bonds is 4. The first-order chi connectivity index (χ1) is 27.2. The Morgan fingerprint density at radius 2 is 0.782 bits per heavy atom. The maximum absolute atomic E-state index is 10.9. The van der Waals surface area contributed by atoms with Gasteiger partial charge in [-0.2, -0.15) is 10.5 Å². The molecular weight excluding hydrogens is 671 g/mol. The first-order valence-electron chi connectivity index (χ1n) is 18.3. The Bertz CT molecular complexity index is 3350. The summed E-state index contributed by atoms with van der Waals surface area (Å²) in [7, 11) is 0. The van der Waals surface area contributed by atoms with E-state index in [2.05, 4.69) is 171 Å². The largest absolute Gasteiger partial charge is 0.308 e. The van der Waals surface area contributed by atoms with Gasteiger partial charge in [0.15, 0.2) is 0 Å². The zero-order valence-electron chi connectivity index (χ0n) is 29.5. The molecule has 3 aromatic heterocycles. The van der Waals surface area contributed by atoms with Gasteiger partial charge in [-0.3, -0.25) is 0 Å². The molecule has 0 fully saturated rings. The Balaban J connectivity index is 1.41. The van der Waals surface area contributed by atoms with Gasteiger partial charge < -0.3 is 13.7 Å². The van der Waals surface area contributed by atoms with E-state index >= 15 is 0 Å². The van der Waals surface area contributed by atoms with Crippen LogP contribution in [0.4, 0.5) is 0 Å². The number of aromatic nitrogens is 3. The number of hydrogen-bond acceptors (Lipinski definition) is 2. The van der Waals surface area contributed by atoms with E-state index in [0.717, 1.165) is 82.8 Å². The van der Waals surface area contributed by atoms with Crippen LogP contribution in [0.5, 0.6) is 0 Å². The molecule has 0 saturated heterocycles. The van der Waals surface area contributed by atoms with Crippen molar-refractivity contribution in [3.63, 3.8) is 0 Å². The molecule has 0 amide bonds. The van der Waals surface area contributed by atoms with Crippen molar-refractivity contribution >= 4 is 65.4 Å². The molecule has 0 unspecified atom stereocenters. The van der Waals surface area contributed by atoms with Crippen molar-refractivity contribution in [1.82, 2.24) is 13.7 Å². The van der Waals surface area contributed by atoms with E-state index < -0.39 is 0 Å². The first kappa shape index (κ1) is 30.7. The van der Waals surface area contributed by atoms with Crippen molar-refractivity contribution in [2.24, 2.45) is 0 Å². The topological polar surface area (TPSA) is 62.4 Å². The fourth-order valence-electron chi connectivity index (χ4n) is 8.83. The average Bonchev–Trinajstić information content (AvgIpc) is 3.90. The van der Waals surface area contributed by atoms with Gasteiger partial charge >= 0.3 is 0 Å². The summed E-state index contributed by atoms with van der Waals surface area (Å²) < 4.78 is 7.17. The molecule has 5 nitrogen and oxygen atoms in total. The van der Waals surface area contributed by atoms with E-state index in [-0.39, 0.29) is 0 Å². The molecule has 55 heavy (non-hydrogen) atoms. The third kappa shape index (κ3) is 4.33. The maximum Gasteiger partial charge on any atom is 0.101 e. The van der Waals surface area contributed by atoms with E-state index in [1.165, 1.54) is 10.8 Å². The molecule has 3 heterocycles. The summed E-state index contributed by atoms with van der Waals surface area (Å²) in [5.41, 5.74) is 12.6. The monoisotopic (exact) mass is 699 g/mol. The molecule has 0 radical (unpaired) electrons. The lowest BCUT2D eigenvalue weighted by molar-refractivity contribution is 1.16. The third-order valence-corrected chi connectivity index (χ3v) is 11.1. The van der Waals surface area contributed by atoms with E-state index in [0.29, 0.717) is 11.1 Å². The van der Waals surface area contributed by atoms with Gasteiger partial charge in [0.05, 0.1) is 56.0 Å². The van der Waals surface area contributed by atoms with Crippen LogP contribution >= 0.6 is 0 Å². The van der Waals surface area contributed by atoms with Crippen molar-refractivity contribution < 1.29 is 0 Å². The molecule has 0 bridgehead atoms. The zero-order chi connectivity index (χ0) is 36.6. The predicted octanol–water partition coefficient (Wildman–Crippen LogP) is 12.4. The standard InChI is InChI=1S/C50H29N5/c51-30-32-23-25-33(26-24-32)34-27-28-41(35(29-34)31-52)55-44-22-12-9-19-40(44)47-49-45(38-17-7-10-20-42(38)53(49)36-13-3-1-4-14-36)48-46(50(47)55)39-18-8-11-21-43(39)54(48)37-15-5-2-6-16-37/h1-29H. The molecule has 0 aliphatic heterocycles. The van der Waals surface area contributed by atoms with Crippen LogP contribution in [0.1, 0.15) is 11.1 Å². The minimum Gasteiger partial charge on any atom is -0.308 e. The highest BCUT2D eigenvalue weighted by molar-refractivity contribution is 6.40. The smallest absolute Gasteiger partial charge is 0.101 e. The summed E-state index contributed by atoms with van der Waals surface area (Å²) in [6.45, 7) is 0. The molecule has 0 aliphatic rings. The molecule has 11 aromatic rings. The van der Waals surface area contributed by atoms with Crippen LogP contribution in [0.15, 0.2) is 176 Å². The van der Waals surface area contributed by atoms with Gasteiger partial charge in [0.25, 0.3) is 0 Å². The summed E-state index contributed by atoms with van der Waals surface area (Å²) in [6, 6.07) is 65.8. The highest BCUT2D eigenvalue weighted by Gasteiger charge is 2.29. The molecule has 11 rings (SSSR count). The second-order valence-corrected chi connectivity index (χ2v) is 13.9. The lowest BCUT2D eigenvalue weighted by Gasteiger charge is -2.15. The van der Waals surface area contributed by atoms with Crippen LogP contribution in [0.2, 0.25) is 0 Å². The number of hydrogen-bond donors (Lipinski definition) is 0. The summed E-state index contributed by atoms with van der Waals surface area (Å²) in [6.07, 6.45) is 0. The SMILES string of the molecule is N#Cc1ccc(-c2ccc(-n3c4ccccc4c4c5c(c6ccccc6n5-c5ccccc5)c5c(c6ccccc6n5-c5ccccc5)c43)c(C#N)c2)cc1. The molecule has 0 spiro atoms. The maximum atomic E-state index is 10.9. The second kappa shape index (κ2) is 11.8. The molecule has 254 valence electrons. The third-order valence-electron chi connectivity index (χ3n) is 11.1. The Morgan fingerprint density at radius 1 is 0.364 bits per heavy atom. The van der Waals surface area contributed by atoms with Crippen molar-refractivity contribution in [3.8, 4) is 40.3 Å². The van der Waals surface area contributed by atoms with Gasteiger partial charge in [0.2, 0.25) is 0 Å². The highest BCUT2D eigenvalue weighted by Crippen LogP contribution is 2.50. The number of nitriles is 2. The van der Waals surface area contributed by atoms with Gasteiger partial charge in [-0.25, -0.2) is 0 Å². The number of fused-ring (bicyclic) bond motifs is 12. The minimum atomic E-state index is 0.563. The highest BCUT2D eigenvalue weighted by atomic mass is 15.0. The van der Waals surface area contributed by atoms with Crippen LogP contribution in [0, 0.1) is 22.7 Å². The average molecular weight is 700 g/mol. The molecular formula is C50H29N5. The Labute approximate surface area is 316 Å². The number of benzene rings is 8. The van der Waals surface area contributed by atoms with Crippen LogP contribution in [0.25, 0.3) is 93.6 Å².